The average Bonchev–Trinajstić information content (AvgIpc) is 3.61. The lowest BCUT2D eigenvalue weighted by molar-refractivity contribution is -0.128. The van der Waals surface area contributed by atoms with Gasteiger partial charge in [-0.15, -0.1) is 0 Å². The number of nitrogens with zero attached hydrogens (tertiary/aromatic N) is 8. The molecule has 12 heteroatoms. The Morgan fingerprint density at radius 1 is 1.00 bits per heavy atom. The van der Waals surface area contributed by atoms with Crippen molar-refractivity contribution in [2.75, 3.05) is 43.4 Å². The van der Waals surface area contributed by atoms with Gasteiger partial charge < -0.3 is 25.0 Å². The second kappa shape index (κ2) is 9.65. The molecule has 34 heavy (non-hydrogen) atoms. The fraction of sp³-hybridized carbons (Fsp3) is 0.545. The van der Waals surface area contributed by atoms with E-state index in [0.717, 1.165) is 44.7 Å². The van der Waals surface area contributed by atoms with Crippen LogP contribution in [0.25, 0.3) is 11.2 Å². The summed E-state index contributed by atoms with van der Waals surface area (Å²) in [7, 11) is 1.84. The molecule has 5 heterocycles. The van der Waals surface area contributed by atoms with E-state index in [1.165, 1.54) is 0 Å². The highest BCUT2D eigenvalue weighted by atomic mass is 16.2. The minimum absolute atomic E-state index is 0.205. The molecule has 0 atom stereocenters. The van der Waals surface area contributed by atoms with Crippen molar-refractivity contribution in [1.29, 1.82) is 0 Å². The van der Waals surface area contributed by atoms with Crippen LogP contribution in [0.15, 0.2) is 18.6 Å². The van der Waals surface area contributed by atoms with Crippen LogP contribution in [-0.4, -0.2) is 83.6 Å². The van der Waals surface area contributed by atoms with Crippen molar-refractivity contribution in [1.82, 2.24) is 39.1 Å². The minimum Gasteiger partial charge on any atom is -0.368 e. The highest BCUT2D eigenvalue weighted by molar-refractivity contribution is 5.84. The van der Waals surface area contributed by atoms with Gasteiger partial charge in [-0.2, -0.15) is 15.1 Å². The second-order valence-electron chi connectivity index (χ2n) is 8.72. The summed E-state index contributed by atoms with van der Waals surface area (Å²) < 4.78 is 3.68. The number of aryl methyl sites for hydroxylation is 1. The van der Waals surface area contributed by atoms with Crippen molar-refractivity contribution in [2.24, 2.45) is 7.05 Å². The number of carbonyl (C=O) groups is 2. The highest BCUT2D eigenvalue weighted by Crippen LogP contribution is 2.23. The van der Waals surface area contributed by atoms with Crippen molar-refractivity contribution < 1.29 is 9.59 Å². The van der Waals surface area contributed by atoms with Crippen molar-refractivity contribution in [3.05, 3.63) is 18.6 Å². The molecule has 3 aromatic heterocycles. The molecule has 5 rings (SSSR count). The van der Waals surface area contributed by atoms with Crippen molar-refractivity contribution >= 4 is 40.6 Å². The number of fused-ring (bicyclic) bond motifs is 1. The van der Waals surface area contributed by atoms with Crippen LogP contribution < -0.4 is 10.6 Å². The van der Waals surface area contributed by atoms with Gasteiger partial charge in [-0.3, -0.25) is 14.3 Å². The summed E-state index contributed by atoms with van der Waals surface area (Å²) >= 11 is 0. The van der Waals surface area contributed by atoms with Crippen molar-refractivity contribution in [3.63, 3.8) is 0 Å². The number of hydrogen-bond donors (Lipinski definition) is 2. The van der Waals surface area contributed by atoms with Crippen molar-refractivity contribution in [2.45, 2.75) is 38.6 Å². The Kier molecular flexibility index (Phi) is 6.28. The molecule has 3 aromatic rings. The number of nitrogens with one attached hydrogen (secondary N) is 2. The van der Waals surface area contributed by atoms with Gasteiger partial charge in [-0.1, -0.05) is 0 Å². The fourth-order valence-electron chi connectivity index (χ4n) is 4.48. The summed E-state index contributed by atoms with van der Waals surface area (Å²) in [6.45, 7) is 4.29. The Labute approximate surface area is 197 Å². The van der Waals surface area contributed by atoms with Gasteiger partial charge in [-0.05, 0) is 19.3 Å². The molecule has 180 valence electrons. The zero-order chi connectivity index (χ0) is 23.5. The Balaban J connectivity index is 1.34. The van der Waals surface area contributed by atoms with Gasteiger partial charge in [0.05, 0.1) is 12.5 Å². The number of hydrogen-bond acceptors (Lipinski definition) is 8. The number of likely N-dealkylation sites (tertiary alicyclic amines) is 2. The van der Waals surface area contributed by atoms with Crippen LogP contribution in [-0.2, 0) is 23.2 Å². The first kappa shape index (κ1) is 22.1. The van der Waals surface area contributed by atoms with E-state index in [-0.39, 0.29) is 11.8 Å². The van der Waals surface area contributed by atoms with Crippen LogP contribution in [0, 0.1) is 0 Å². The first-order valence-electron chi connectivity index (χ1n) is 11.9. The molecule has 2 aliphatic rings. The van der Waals surface area contributed by atoms with Crippen LogP contribution in [0.4, 0.5) is 17.6 Å². The summed E-state index contributed by atoms with van der Waals surface area (Å²) in [5, 5.41) is 10.8. The predicted molar refractivity (Wildman–Crippen MR) is 127 cm³/mol. The van der Waals surface area contributed by atoms with Gasteiger partial charge in [0.25, 0.3) is 0 Å². The third-order valence-corrected chi connectivity index (χ3v) is 6.38. The maximum absolute atomic E-state index is 12.0. The largest absolute Gasteiger partial charge is 0.368 e. The molecule has 0 radical (unpaired) electrons. The quantitative estimate of drug-likeness (QED) is 0.429. The maximum Gasteiger partial charge on any atom is 0.232 e. The maximum atomic E-state index is 12.0. The van der Waals surface area contributed by atoms with Gasteiger partial charge in [0.15, 0.2) is 17.0 Å². The SMILES string of the molecule is Cn1nccc1Nc1nc(NCCCN2CCCC2=O)c2ncn(CCN3CCCC3=O)c2n1. The monoisotopic (exact) mass is 466 g/mol. The fourth-order valence-corrected chi connectivity index (χ4v) is 4.48. The normalized spacial score (nSPS) is 16.3. The van der Waals surface area contributed by atoms with E-state index in [1.807, 2.05) is 27.5 Å². The Hall–Kier alpha value is -3.70. The molecule has 2 saturated heterocycles. The number of anilines is 3. The zero-order valence-corrected chi connectivity index (χ0v) is 19.4. The molecule has 2 aliphatic heterocycles. The molecule has 0 unspecified atom stereocenters. The zero-order valence-electron chi connectivity index (χ0n) is 19.4. The summed E-state index contributed by atoms with van der Waals surface area (Å²) in [4.78, 5) is 41.6. The Bertz CT molecular complexity index is 1190. The van der Waals surface area contributed by atoms with E-state index < -0.39 is 0 Å². The van der Waals surface area contributed by atoms with Gasteiger partial charge in [0.1, 0.15) is 5.82 Å². The van der Waals surface area contributed by atoms with E-state index in [1.54, 1.807) is 17.2 Å². The average molecular weight is 467 g/mol. The van der Waals surface area contributed by atoms with Crippen LogP contribution >= 0.6 is 0 Å². The number of imidazole rings is 1. The molecule has 0 aromatic carbocycles. The smallest absolute Gasteiger partial charge is 0.232 e. The van der Waals surface area contributed by atoms with Crippen LogP contribution in [0.2, 0.25) is 0 Å². The lowest BCUT2D eigenvalue weighted by Gasteiger charge is -2.16. The standard InChI is InChI=1S/C22H30N10O2/c1-29-16(7-9-25-29)26-22-27-20(23-8-4-12-30-10-2-5-17(30)33)19-21(28-22)32(15-24-19)14-13-31-11-3-6-18(31)34/h7,9,15H,2-6,8,10-14H2,1H3,(H2,23,26,27,28). The number of rotatable bonds is 10. The molecular weight excluding hydrogens is 436 g/mol. The Morgan fingerprint density at radius 2 is 1.76 bits per heavy atom. The van der Waals surface area contributed by atoms with Crippen molar-refractivity contribution in [3.8, 4) is 0 Å². The second-order valence-corrected chi connectivity index (χ2v) is 8.72. The molecule has 2 N–H and O–H groups in total. The molecule has 0 bridgehead atoms. The molecular formula is C22H30N10O2. The van der Waals surface area contributed by atoms with Crippen LogP contribution in [0.1, 0.15) is 32.1 Å². The highest BCUT2D eigenvalue weighted by Gasteiger charge is 2.21. The molecule has 0 aliphatic carbocycles. The predicted octanol–water partition coefficient (Wildman–Crippen LogP) is 1.35. The topological polar surface area (TPSA) is 126 Å². The van der Waals surface area contributed by atoms with Crippen LogP contribution in [0.5, 0.6) is 0 Å². The van der Waals surface area contributed by atoms with E-state index in [0.29, 0.717) is 55.4 Å². The summed E-state index contributed by atoms with van der Waals surface area (Å²) in [5.41, 5.74) is 1.38. The van der Waals surface area contributed by atoms with Gasteiger partial charge >= 0.3 is 0 Å². The molecule has 0 spiro atoms. The molecule has 0 saturated carbocycles. The first-order chi connectivity index (χ1) is 16.6. The van der Waals surface area contributed by atoms with Gasteiger partial charge in [0, 0.05) is 65.2 Å². The molecule has 2 fully saturated rings. The summed E-state index contributed by atoms with van der Waals surface area (Å²) in [5.74, 6) is 2.29. The minimum atomic E-state index is 0.205. The van der Waals surface area contributed by atoms with E-state index in [9.17, 15) is 9.59 Å². The number of carbonyl (C=O) groups excluding carboxylic acids is 2. The first-order valence-corrected chi connectivity index (χ1v) is 11.9. The number of amides is 2. The number of aromatic nitrogens is 6. The summed E-state index contributed by atoms with van der Waals surface area (Å²) in [6.07, 6.45) is 7.42. The molecule has 2 amide bonds. The lowest BCUT2D eigenvalue weighted by atomic mass is 10.3. The van der Waals surface area contributed by atoms with Crippen LogP contribution in [0.3, 0.4) is 0 Å². The van der Waals surface area contributed by atoms with E-state index in [2.05, 4.69) is 25.7 Å². The molecule has 12 nitrogen and oxygen atoms in total. The van der Waals surface area contributed by atoms with E-state index in [4.69, 9.17) is 4.98 Å². The summed E-state index contributed by atoms with van der Waals surface area (Å²) in [6, 6.07) is 1.85. The Morgan fingerprint density at radius 3 is 2.44 bits per heavy atom. The lowest BCUT2D eigenvalue weighted by Crippen LogP contribution is -2.28. The third-order valence-electron chi connectivity index (χ3n) is 6.38. The van der Waals surface area contributed by atoms with Gasteiger partial charge in [-0.25, -0.2) is 4.98 Å². The van der Waals surface area contributed by atoms with Gasteiger partial charge in [0.2, 0.25) is 17.8 Å². The third kappa shape index (κ3) is 4.66. The van der Waals surface area contributed by atoms with E-state index >= 15 is 0 Å².